The van der Waals surface area contributed by atoms with E-state index in [9.17, 15) is 19.2 Å². The van der Waals surface area contributed by atoms with Gasteiger partial charge in [0.25, 0.3) is 11.8 Å². The maximum atomic E-state index is 15.9. The molecular weight excluding hydrogens is 736 g/mol. The fourth-order valence-corrected chi connectivity index (χ4v) is 9.53. The molecule has 16 heteroatoms. The Morgan fingerprint density at radius 2 is 1.84 bits per heavy atom. The van der Waals surface area contributed by atoms with Gasteiger partial charge in [-0.1, -0.05) is 12.1 Å². The average molecular weight is 773 g/mol. The lowest BCUT2D eigenvalue weighted by Crippen LogP contribution is -2.50. The van der Waals surface area contributed by atoms with Crippen LogP contribution in [0, 0.1) is 5.82 Å². The molecule has 3 fully saturated rings. The summed E-state index contributed by atoms with van der Waals surface area (Å²) in [5.74, 6) is -1.06. The lowest BCUT2D eigenvalue weighted by atomic mass is 9.99. The van der Waals surface area contributed by atoms with Gasteiger partial charge in [-0.25, -0.2) is 24.1 Å². The minimum Gasteiger partial charge on any atom is -0.366 e. The van der Waals surface area contributed by atoms with Crippen molar-refractivity contribution in [3.05, 3.63) is 107 Å². The first-order valence-electron chi connectivity index (χ1n) is 18.8. The van der Waals surface area contributed by atoms with E-state index in [0.29, 0.717) is 40.8 Å². The van der Waals surface area contributed by atoms with Crippen molar-refractivity contribution in [1.29, 1.82) is 0 Å². The smallest absolute Gasteiger partial charge is 0.329 e. The molecular formula is C40H37FN10O4S. The van der Waals surface area contributed by atoms with Crippen molar-refractivity contribution in [2.75, 3.05) is 34.8 Å². The molecule has 0 spiro atoms. The van der Waals surface area contributed by atoms with Crippen LogP contribution in [0.5, 0.6) is 0 Å². The average Bonchev–Trinajstić information content (AvgIpc) is 4.06. The molecule has 284 valence electrons. The number of carbonyl (C=O) groups is 4. The Bertz CT molecular complexity index is 2400. The number of thiazole rings is 1. The number of amides is 5. The fourth-order valence-electron chi connectivity index (χ4n) is 8.99. The Morgan fingerprint density at radius 1 is 0.964 bits per heavy atom. The zero-order valence-electron chi connectivity index (χ0n) is 30.2. The van der Waals surface area contributed by atoms with E-state index < -0.39 is 29.7 Å². The molecule has 0 aliphatic carbocycles. The maximum absolute atomic E-state index is 15.9. The molecule has 1 unspecified atom stereocenters. The molecule has 3 atom stereocenters. The number of nitrogens with one attached hydrogen (secondary N) is 2. The normalized spacial score (nSPS) is 20.8. The van der Waals surface area contributed by atoms with Gasteiger partial charge in [0.15, 0.2) is 11.2 Å². The van der Waals surface area contributed by atoms with E-state index in [2.05, 4.69) is 47.5 Å². The molecule has 5 amide bonds. The Morgan fingerprint density at radius 3 is 2.62 bits per heavy atom. The van der Waals surface area contributed by atoms with E-state index in [1.54, 1.807) is 30.2 Å². The molecule has 3 aromatic heterocycles. The van der Waals surface area contributed by atoms with Crippen LogP contribution in [0.25, 0.3) is 11.1 Å². The van der Waals surface area contributed by atoms with E-state index in [1.165, 1.54) is 27.2 Å². The highest BCUT2D eigenvalue weighted by Crippen LogP contribution is 2.40. The summed E-state index contributed by atoms with van der Waals surface area (Å²) in [4.78, 5) is 72.9. The number of piperazine rings is 1. The van der Waals surface area contributed by atoms with E-state index >= 15 is 4.39 Å². The van der Waals surface area contributed by atoms with E-state index in [-0.39, 0.29) is 30.0 Å². The number of imide groups is 1. The third kappa shape index (κ3) is 5.99. The second kappa shape index (κ2) is 13.6. The van der Waals surface area contributed by atoms with Crippen LogP contribution < -0.4 is 20.4 Å². The van der Waals surface area contributed by atoms with Gasteiger partial charge in [-0.3, -0.25) is 34.8 Å². The monoisotopic (exact) mass is 772 g/mol. The number of pyridine rings is 1. The van der Waals surface area contributed by atoms with Crippen LogP contribution in [0.2, 0.25) is 0 Å². The number of benzene rings is 2. The number of imidazole rings is 1. The maximum Gasteiger partial charge on any atom is 0.329 e. The van der Waals surface area contributed by atoms with Crippen molar-refractivity contribution in [2.45, 2.75) is 63.4 Å². The van der Waals surface area contributed by atoms with Crippen LogP contribution >= 0.6 is 11.3 Å². The zero-order valence-corrected chi connectivity index (χ0v) is 31.0. The number of nitrogens with zero attached hydrogens (tertiary/aromatic N) is 8. The van der Waals surface area contributed by atoms with E-state index in [4.69, 9.17) is 0 Å². The third-order valence-corrected chi connectivity index (χ3v) is 12.4. The molecule has 0 saturated carbocycles. The SMILES string of the molecule is O=C1CCN(c2cc(CN3C[C@H]4C[C@@H]3CN4c3ccc(-c4cc(F)c5c(c4)C(=O)N(C(C(=O)Nc4nccs4)c4ncn6c4CCC6)C5)cc3)ccn2)C(=O)N1. The summed E-state index contributed by atoms with van der Waals surface area (Å²) in [6, 6.07) is 14.4. The molecule has 5 aliphatic rings. The van der Waals surface area contributed by atoms with Gasteiger partial charge in [-0.05, 0) is 72.4 Å². The summed E-state index contributed by atoms with van der Waals surface area (Å²) < 4.78 is 17.9. The Balaban J connectivity index is 0.832. The van der Waals surface area contributed by atoms with E-state index in [0.717, 1.165) is 67.9 Å². The van der Waals surface area contributed by atoms with Crippen molar-refractivity contribution < 1.29 is 23.6 Å². The van der Waals surface area contributed by atoms with Crippen LogP contribution in [0.3, 0.4) is 0 Å². The Hall–Kier alpha value is -6.00. The van der Waals surface area contributed by atoms with Crippen molar-refractivity contribution in [1.82, 2.24) is 34.6 Å². The summed E-state index contributed by atoms with van der Waals surface area (Å²) in [5, 5.41) is 7.38. The number of aromatic nitrogens is 4. The molecule has 5 aromatic rings. The summed E-state index contributed by atoms with van der Waals surface area (Å²) in [6.45, 7) is 3.56. The van der Waals surface area contributed by atoms with Crippen LogP contribution in [0.15, 0.2) is 72.6 Å². The standard InChI is InChI=1S/C40H37FN10O4S/c41-31-16-25(15-29-30(31)21-51(38(29)54)36(37(53)46-39-43-10-13-56-39)35-32-2-1-11-47(32)22-44-35)24-3-5-26(6-4-24)50-20-27-17-28(50)19-48(27)18-23-7-9-42-33(14-23)49-12-8-34(52)45-40(49)55/h3-7,9-10,13-16,22,27-28,36H,1-2,8,11-12,17-21H2,(H,43,46,53)(H,45,52,55)/t27-,28-,36?/m1/s1. The Labute approximate surface area is 325 Å². The van der Waals surface area contributed by atoms with Gasteiger partial charge in [0.2, 0.25) is 5.91 Å². The molecule has 2 bridgehead atoms. The minimum atomic E-state index is -1.04. The molecule has 2 aromatic carbocycles. The fraction of sp³-hybridized carbons (Fsp3) is 0.325. The number of aryl methyl sites for hydroxylation is 1. The summed E-state index contributed by atoms with van der Waals surface area (Å²) in [6.07, 6.45) is 7.98. The van der Waals surface area contributed by atoms with Gasteiger partial charge in [-0.2, -0.15) is 0 Å². The van der Waals surface area contributed by atoms with Gasteiger partial charge in [0, 0.05) is 91.5 Å². The molecule has 5 aliphatic heterocycles. The van der Waals surface area contributed by atoms with Crippen molar-refractivity contribution >= 4 is 51.7 Å². The van der Waals surface area contributed by atoms with Gasteiger partial charge in [-0.15, -0.1) is 11.3 Å². The van der Waals surface area contributed by atoms with Crippen LogP contribution in [0.1, 0.15) is 58.2 Å². The van der Waals surface area contributed by atoms with Crippen LogP contribution in [-0.2, 0) is 35.6 Å². The zero-order chi connectivity index (χ0) is 38.1. The van der Waals surface area contributed by atoms with Gasteiger partial charge in [0.05, 0.1) is 18.6 Å². The first-order chi connectivity index (χ1) is 27.3. The number of halogens is 1. The van der Waals surface area contributed by atoms with Crippen molar-refractivity contribution in [3.8, 4) is 11.1 Å². The molecule has 56 heavy (non-hydrogen) atoms. The summed E-state index contributed by atoms with van der Waals surface area (Å²) >= 11 is 1.28. The molecule has 8 heterocycles. The third-order valence-electron chi connectivity index (χ3n) is 11.7. The molecule has 0 radical (unpaired) electrons. The summed E-state index contributed by atoms with van der Waals surface area (Å²) in [7, 11) is 0. The highest BCUT2D eigenvalue weighted by molar-refractivity contribution is 7.13. The van der Waals surface area contributed by atoms with Crippen LogP contribution in [-0.4, -0.2) is 84.8 Å². The molecule has 10 rings (SSSR count). The van der Waals surface area contributed by atoms with E-state index in [1.807, 2.05) is 28.8 Å². The van der Waals surface area contributed by atoms with Crippen molar-refractivity contribution in [2.24, 2.45) is 0 Å². The minimum absolute atomic E-state index is 0.0455. The number of hydrogen-bond acceptors (Lipinski definition) is 10. The predicted octanol–water partition coefficient (Wildman–Crippen LogP) is 4.73. The van der Waals surface area contributed by atoms with Crippen molar-refractivity contribution in [3.63, 3.8) is 0 Å². The van der Waals surface area contributed by atoms with Gasteiger partial charge < -0.3 is 14.4 Å². The molecule has 14 nitrogen and oxygen atoms in total. The first-order valence-corrected chi connectivity index (χ1v) is 19.7. The number of carbonyl (C=O) groups excluding carboxylic acids is 4. The molecule has 2 N–H and O–H groups in total. The lowest BCUT2D eigenvalue weighted by molar-refractivity contribution is -0.121. The Kier molecular flexibility index (Phi) is 8.40. The lowest BCUT2D eigenvalue weighted by Gasteiger charge is -2.36. The van der Waals surface area contributed by atoms with Crippen LogP contribution in [0.4, 0.5) is 25.8 Å². The number of hydrogen-bond donors (Lipinski definition) is 2. The quantitative estimate of drug-likeness (QED) is 0.217. The highest BCUT2D eigenvalue weighted by atomic mass is 32.1. The topological polar surface area (TPSA) is 149 Å². The largest absolute Gasteiger partial charge is 0.366 e. The second-order valence-electron chi connectivity index (χ2n) is 15.0. The number of likely N-dealkylation sites (tertiary alicyclic amines) is 1. The van der Waals surface area contributed by atoms with Gasteiger partial charge >= 0.3 is 6.03 Å². The van der Waals surface area contributed by atoms with Gasteiger partial charge in [0.1, 0.15) is 11.6 Å². The number of urea groups is 1. The highest BCUT2D eigenvalue weighted by Gasteiger charge is 2.44. The predicted molar refractivity (Wildman–Crippen MR) is 205 cm³/mol. The second-order valence-corrected chi connectivity index (χ2v) is 15.9. The number of rotatable bonds is 9. The summed E-state index contributed by atoms with van der Waals surface area (Å²) in [5.41, 5.74) is 5.48. The number of fused-ring (bicyclic) bond motifs is 4. The first kappa shape index (κ1) is 34.5. The molecule has 3 saturated heterocycles. The number of anilines is 3.